The summed E-state index contributed by atoms with van der Waals surface area (Å²) in [4.78, 5) is 0. The van der Waals surface area contributed by atoms with Crippen molar-refractivity contribution < 1.29 is 13.2 Å². The number of hydrogen-bond donors (Lipinski definition) is 0. The summed E-state index contributed by atoms with van der Waals surface area (Å²) in [6.45, 7) is 0. The summed E-state index contributed by atoms with van der Waals surface area (Å²) in [5, 5.41) is 0. The van der Waals surface area contributed by atoms with Crippen LogP contribution >= 0.6 is 0 Å². The predicted octanol–water partition coefficient (Wildman–Crippen LogP) is 4.43. The van der Waals surface area contributed by atoms with Gasteiger partial charge in [-0.1, -0.05) is 0 Å². The van der Waals surface area contributed by atoms with E-state index in [4.69, 9.17) is 0 Å². The summed E-state index contributed by atoms with van der Waals surface area (Å²) >= 11 is 0. The summed E-state index contributed by atoms with van der Waals surface area (Å²) in [5.74, 6) is -0.534. The highest BCUT2D eigenvalue weighted by atomic mass is 19.1. The molecule has 0 heterocycles. The zero-order valence-electron chi connectivity index (χ0n) is 9.76. The monoisotopic (exact) mass is 242 g/mol. The van der Waals surface area contributed by atoms with Crippen LogP contribution in [-0.4, -0.2) is 6.17 Å². The van der Waals surface area contributed by atoms with Gasteiger partial charge in [0.2, 0.25) is 0 Å². The molecule has 3 heteroatoms. The minimum atomic E-state index is -0.641. The van der Waals surface area contributed by atoms with Gasteiger partial charge < -0.3 is 0 Å². The number of benzene rings is 1. The SMILES string of the molecule is Fc1cc(F)cc(CCC2CCC(F)CC2)c1. The third-order valence-electron chi connectivity index (χ3n) is 3.54. The van der Waals surface area contributed by atoms with Crippen molar-refractivity contribution in [2.24, 2.45) is 5.92 Å². The second kappa shape index (κ2) is 5.56. The lowest BCUT2D eigenvalue weighted by molar-refractivity contribution is 0.201. The van der Waals surface area contributed by atoms with E-state index in [2.05, 4.69) is 0 Å². The van der Waals surface area contributed by atoms with Crippen LogP contribution in [0.3, 0.4) is 0 Å². The van der Waals surface area contributed by atoms with Gasteiger partial charge in [-0.25, -0.2) is 13.2 Å². The highest BCUT2D eigenvalue weighted by Gasteiger charge is 2.20. The molecular formula is C14H17F3. The lowest BCUT2D eigenvalue weighted by atomic mass is 9.84. The molecule has 0 N–H and O–H groups in total. The first-order valence-corrected chi connectivity index (χ1v) is 6.22. The van der Waals surface area contributed by atoms with Crippen LogP contribution in [0.5, 0.6) is 0 Å². The number of hydrogen-bond acceptors (Lipinski definition) is 0. The molecule has 1 aromatic carbocycles. The number of aryl methyl sites for hydroxylation is 1. The van der Waals surface area contributed by atoms with Gasteiger partial charge in [0, 0.05) is 6.07 Å². The zero-order chi connectivity index (χ0) is 12.3. The largest absolute Gasteiger partial charge is 0.247 e. The van der Waals surface area contributed by atoms with E-state index in [1.165, 1.54) is 12.1 Å². The topological polar surface area (TPSA) is 0 Å². The van der Waals surface area contributed by atoms with Gasteiger partial charge >= 0.3 is 0 Å². The predicted molar refractivity (Wildman–Crippen MR) is 61.5 cm³/mol. The molecule has 0 nitrogen and oxygen atoms in total. The third-order valence-corrected chi connectivity index (χ3v) is 3.54. The molecule has 2 rings (SSSR count). The molecule has 0 aromatic heterocycles. The van der Waals surface area contributed by atoms with Crippen LogP contribution in [0.1, 0.15) is 37.7 Å². The standard InChI is InChI=1S/C14H17F3/c15-12-5-3-10(4-6-12)1-2-11-7-13(16)9-14(17)8-11/h7-10,12H,1-6H2. The molecule has 0 aliphatic heterocycles. The quantitative estimate of drug-likeness (QED) is 0.735. The van der Waals surface area contributed by atoms with Crippen molar-refractivity contribution in [1.82, 2.24) is 0 Å². The summed E-state index contributed by atoms with van der Waals surface area (Å²) in [6.07, 6.45) is 4.02. The van der Waals surface area contributed by atoms with Crippen LogP contribution in [0.25, 0.3) is 0 Å². The molecule has 0 spiro atoms. The molecule has 0 atom stereocenters. The minimum absolute atomic E-state index is 0.508. The van der Waals surface area contributed by atoms with E-state index in [1.54, 1.807) is 0 Å². The molecular weight excluding hydrogens is 225 g/mol. The van der Waals surface area contributed by atoms with Crippen molar-refractivity contribution >= 4 is 0 Å². The smallest absolute Gasteiger partial charge is 0.126 e. The fourth-order valence-corrected chi connectivity index (χ4v) is 2.54. The normalized spacial score (nSPS) is 24.9. The molecule has 0 amide bonds. The summed E-state index contributed by atoms with van der Waals surface area (Å²) in [7, 11) is 0. The molecule has 0 saturated heterocycles. The Labute approximate surface area is 99.8 Å². The average molecular weight is 242 g/mol. The van der Waals surface area contributed by atoms with E-state index < -0.39 is 17.8 Å². The van der Waals surface area contributed by atoms with Gasteiger partial charge in [-0.05, 0) is 62.1 Å². The number of halogens is 3. The van der Waals surface area contributed by atoms with Gasteiger partial charge in [-0.2, -0.15) is 0 Å². The van der Waals surface area contributed by atoms with E-state index >= 15 is 0 Å². The maximum Gasteiger partial charge on any atom is 0.126 e. The summed E-state index contributed by atoms with van der Waals surface area (Å²) < 4.78 is 38.8. The van der Waals surface area contributed by atoms with Crippen molar-refractivity contribution in [2.75, 3.05) is 0 Å². The molecule has 0 unspecified atom stereocenters. The fraction of sp³-hybridized carbons (Fsp3) is 0.571. The Morgan fingerprint density at radius 3 is 2.12 bits per heavy atom. The summed E-state index contributed by atoms with van der Waals surface area (Å²) in [6, 6.07) is 3.64. The Hall–Kier alpha value is -0.990. The first-order chi connectivity index (χ1) is 8.13. The lowest BCUT2D eigenvalue weighted by Gasteiger charge is -2.24. The maximum absolute atomic E-state index is 13.0. The van der Waals surface area contributed by atoms with Gasteiger partial charge in [0.1, 0.15) is 17.8 Å². The van der Waals surface area contributed by atoms with Crippen molar-refractivity contribution in [3.8, 4) is 0 Å². The molecule has 1 saturated carbocycles. The molecule has 17 heavy (non-hydrogen) atoms. The number of rotatable bonds is 3. The molecule has 1 aliphatic carbocycles. The van der Waals surface area contributed by atoms with Crippen LogP contribution in [0.4, 0.5) is 13.2 Å². The average Bonchev–Trinajstić information content (AvgIpc) is 2.27. The van der Waals surface area contributed by atoms with E-state index in [0.717, 1.165) is 25.3 Å². The molecule has 1 aromatic rings. The Kier molecular flexibility index (Phi) is 4.08. The van der Waals surface area contributed by atoms with Gasteiger partial charge in [-0.15, -0.1) is 0 Å². The minimum Gasteiger partial charge on any atom is -0.247 e. The van der Waals surface area contributed by atoms with E-state index in [0.29, 0.717) is 30.7 Å². The van der Waals surface area contributed by atoms with Crippen molar-refractivity contribution in [3.63, 3.8) is 0 Å². The molecule has 1 fully saturated rings. The van der Waals surface area contributed by atoms with Crippen molar-refractivity contribution in [1.29, 1.82) is 0 Å². The van der Waals surface area contributed by atoms with E-state index in [-0.39, 0.29) is 0 Å². The number of alkyl halides is 1. The van der Waals surface area contributed by atoms with Crippen LogP contribution in [0, 0.1) is 17.6 Å². The maximum atomic E-state index is 13.0. The first kappa shape index (κ1) is 12.5. The Morgan fingerprint density at radius 1 is 0.941 bits per heavy atom. The molecule has 0 radical (unpaired) electrons. The molecule has 0 bridgehead atoms. The van der Waals surface area contributed by atoms with Crippen LogP contribution < -0.4 is 0 Å². The highest BCUT2D eigenvalue weighted by molar-refractivity contribution is 5.18. The van der Waals surface area contributed by atoms with Gasteiger partial charge in [-0.3, -0.25) is 0 Å². The van der Waals surface area contributed by atoms with Crippen LogP contribution in [0.15, 0.2) is 18.2 Å². The first-order valence-electron chi connectivity index (χ1n) is 6.22. The molecule has 94 valence electrons. The highest BCUT2D eigenvalue weighted by Crippen LogP contribution is 2.29. The van der Waals surface area contributed by atoms with E-state index in [1.807, 2.05) is 0 Å². The van der Waals surface area contributed by atoms with E-state index in [9.17, 15) is 13.2 Å². The van der Waals surface area contributed by atoms with Crippen LogP contribution in [-0.2, 0) is 6.42 Å². The Morgan fingerprint density at radius 2 is 1.53 bits per heavy atom. The molecule has 1 aliphatic rings. The van der Waals surface area contributed by atoms with Gasteiger partial charge in [0.25, 0.3) is 0 Å². The van der Waals surface area contributed by atoms with Gasteiger partial charge in [0.05, 0.1) is 0 Å². The Bertz CT molecular complexity index is 347. The summed E-state index contributed by atoms with van der Waals surface area (Å²) in [5.41, 5.74) is 0.699. The van der Waals surface area contributed by atoms with Gasteiger partial charge in [0.15, 0.2) is 0 Å². The lowest BCUT2D eigenvalue weighted by Crippen LogP contribution is -2.15. The second-order valence-corrected chi connectivity index (χ2v) is 4.93. The second-order valence-electron chi connectivity index (χ2n) is 4.93. The van der Waals surface area contributed by atoms with Crippen molar-refractivity contribution in [2.45, 2.75) is 44.7 Å². The fourth-order valence-electron chi connectivity index (χ4n) is 2.54. The third kappa shape index (κ3) is 3.76. The van der Waals surface area contributed by atoms with Crippen molar-refractivity contribution in [3.05, 3.63) is 35.4 Å². The Balaban J connectivity index is 1.85. The van der Waals surface area contributed by atoms with Crippen LogP contribution in [0.2, 0.25) is 0 Å². The zero-order valence-corrected chi connectivity index (χ0v) is 9.76.